The summed E-state index contributed by atoms with van der Waals surface area (Å²) in [6, 6.07) is 3.98. The molecule has 2 fully saturated rings. The van der Waals surface area contributed by atoms with Crippen LogP contribution in [0.2, 0.25) is 0 Å². The zero-order valence-corrected chi connectivity index (χ0v) is 11.4. The van der Waals surface area contributed by atoms with Crippen LogP contribution in [0.1, 0.15) is 37.7 Å². The van der Waals surface area contributed by atoms with Crippen molar-refractivity contribution in [2.45, 2.75) is 44.2 Å². The molecule has 0 radical (unpaired) electrons. The summed E-state index contributed by atoms with van der Waals surface area (Å²) in [6.45, 7) is 2.80. The predicted octanol–water partition coefficient (Wildman–Crippen LogP) is 1.79. The summed E-state index contributed by atoms with van der Waals surface area (Å²) in [4.78, 5) is 6.56. The van der Waals surface area contributed by atoms with E-state index in [2.05, 4.69) is 9.88 Å². The van der Waals surface area contributed by atoms with Gasteiger partial charge in [-0.25, -0.2) is 4.98 Å². The van der Waals surface area contributed by atoms with Gasteiger partial charge in [-0.05, 0) is 25.3 Å². The average molecular weight is 261 g/mol. The van der Waals surface area contributed by atoms with Gasteiger partial charge in [-0.1, -0.05) is 18.9 Å². The molecule has 0 amide bonds. The second kappa shape index (κ2) is 5.10. The fourth-order valence-corrected chi connectivity index (χ4v) is 3.61. The van der Waals surface area contributed by atoms with Crippen LogP contribution < -0.4 is 5.73 Å². The van der Waals surface area contributed by atoms with Gasteiger partial charge in [0, 0.05) is 37.3 Å². The van der Waals surface area contributed by atoms with E-state index in [-0.39, 0.29) is 0 Å². The zero-order chi connectivity index (χ0) is 13.3. The zero-order valence-electron chi connectivity index (χ0n) is 11.4. The molecule has 1 aromatic heterocycles. The van der Waals surface area contributed by atoms with Gasteiger partial charge >= 0.3 is 0 Å². The molecule has 2 heterocycles. The summed E-state index contributed by atoms with van der Waals surface area (Å²) in [7, 11) is 0. The Hall–Kier alpha value is -1.13. The molecule has 0 bridgehead atoms. The Morgan fingerprint density at radius 3 is 3.16 bits per heavy atom. The van der Waals surface area contributed by atoms with E-state index in [1.807, 2.05) is 12.1 Å². The van der Waals surface area contributed by atoms with Crippen LogP contribution in [0, 0.1) is 5.92 Å². The number of likely N-dealkylation sites (tertiary alicyclic amines) is 1. The first kappa shape index (κ1) is 12.9. The maximum absolute atomic E-state index is 10.7. The Morgan fingerprint density at radius 2 is 2.32 bits per heavy atom. The van der Waals surface area contributed by atoms with E-state index in [1.54, 1.807) is 6.20 Å². The summed E-state index contributed by atoms with van der Waals surface area (Å²) in [5.74, 6) is 1.07. The Kier molecular flexibility index (Phi) is 3.46. The molecule has 2 unspecified atom stereocenters. The van der Waals surface area contributed by atoms with Crippen LogP contribution in [0.5, 0.6) is 0 Å². The average Bonchev–Trinajstić information content (AvgIpc) is 2.41. The minimum absolute atomic E-state index is 0.394. The maximum atomic E-state index is 10.7. The van der Waals surface area contributed by atoms with Crippen molar-refractivity contribution in [3.05, 3.63) is 23.9 Å². The van der Waals surface area contributed by atoms with Gasteiger partial charge < -0.3 is 10.8 Å². The third-order valence-electron chi connectivity index (χ3n) is 4.83. The van der Waals surface area contributed by atoms with Crippen LogP contribution >= 0.6 is 0 Å². The molecule has 1 saturated carbocycles. The molecule has 3 N–H and O–H groups in total. The largest absolute Gasteiger partial charge is 0.390 e. The molecular formula is C15H23N3O. The van der Waals surface area contributed by atoms with E-state index >= 15 is 0 Å². The fourth-order valence-electron chi connectivity index (χ4n) is 3.61. The third-order valence-corrected chi connectivity index (χ3v) is 4.83. The molecule has 104 valence electrons. The molecular weight excluding hydrogens is 238 g/mol. The monoisotopic (exact) mass is 261 g/mol. The highest BCUT2D eigenvalue weighted by Crippen LogP contribution is 2.40. The number of fused-ring (bicyclic) bond motifs is 1. The Bertz CT molecular complexity index is 451. The molecule has 4 heteroatoms. The minimum atomic E-state index is -0.394. The van der Waals surface area contributed by atoms with E-state index in [0.717, 1.165) is 44.5 Å². The number of aromatic nitrogens is 1. The van der Waals surface area contributed by atoms with Gasteiger partial charge in [0.2, 0.25) is 0 Å². The smallest absolute Gasteiger partial charge is 0.127 e. The number of nitrogens with zero attached hydrogens (tertiary/aromatic N) is 2. The van der Waals surface area contributed by atoms with Crippen molar-refractivity contribution in [2.75, 3.05) is 18.8 Å². The Labute approximate surface area is 114 Å². The molecule has 19 heavy (non-hydrogen) atoms. The molecule has 1 saturated heterocycles. The number of pyridine rings is 1. The highest BCUT2D eigenvalue weighted by molar-refractivity contribution is 5.38. The second-order valence-corrected chi connectivity index (χ2v) is 6.08. The fraction of sp³-hybridized carbons (Fsp3) is 0.667. The number of nitrogen functional groups attached to an aromatic ring is 1. The number of hydrogen-bond donors (Lipinski definition) is 2. The van der Waals surface area contributed by atoms with Crippen molar-refractivity contribution in [3.8, 4) is 0 Å². The van der Waals surface area contributed by atoms with Gasteiger partial charge in [0.15, 0.2) is 0 Å². The van der Waals surface area contributed by atoms with E-state index in [9.17, 15) is 5.11 Å². The molecule has 3 rings (SSSR count). The molecule has 0 spiro atoms. The van der Waals surface area contributed by atoms with E-state index in [0.29, 0.717) is 11.7 Å². The van der Waals surface area contributed by atoms with Crippen molar-refractivity contribution < 1.29 is 5.11 Å². The molecule has 1 aliphatic carbocycles. The minimum Gasteiger partial charge on any atom is -0.390 e. The quantitative estimate of drug-likeness (QED) is 0.852. The first-order valence-electron chi connectivity index (χ1n) is 7.31. The van der Waals surface area contributed by atoms with Gasteiger partial charge in [0.05, 0.1) is 5.60 Å². The number of hydrogen-bond acceptors (Lipinski definition) is 4. The Morgan fingerprint density at radius 1 is 1.42 bits per heavy atom. The standard InChI is InChI=1S/C15H23N3O/c16-14-12(4-3-8-17-14)10-18-9-7-15(19)6-2-1-5-13(15)11-18/h3-4,8,13,19H,1-2,5-7,9-11H2,(H2,16,17). The number of aliphatic hydroxyl groups is 1. The van der Waals surface area contributed by atoms with Crippen molar-refractivity contribution >= 4 is 5.82 Å². The van der Waals surface area contributed by atoms with Crippen molar-refractivity contribution in [1.29, 1.82) is 0 Å². The van der Waals surface area contributed by atoms with Gasteiger partial charge in [0.25, 0.3) is 0 Å². The normalized spacial score (nSPS) is 31.9. The summed E-state index contributed by atoms with van der Waals surface area (Å²) in [5, 5.41) is 10.7. The van der Waals surface area contributed by atoms with Gasteiger partial charge in [-0.2, -0.15) is 0 Å². The number of rotatable bonds is 2. The SMILES string of the molecule is Nc1ncccc1CN1CCC2(O)CCCCC2C1. The highest BCUT2D eigenvalue weighted by atomic mass is 16.3. The summed E-state index contributed by atoms with van der Waals surface area (Å²) in [5.41, 5.74) is 6.62. The lowest BCUT2D eigenvalue weighted by atomic mass is 9.71. The van der Waals surface area contributed by atoms with Crippen LogP contribution in [-0.4, -0.2) is 33.7 Å². The highest BCUT2D eigenvalue weighted by Gasteiger charge is 2.42. The van der Waals surface area contributed by atoms with Crippen molar-refractivity contribution in [3.63, 3.8) is 0 Å². The molecule has 4 nitrogen and oxygen atoms in total. The number of nitrogens with two attached hydrogens (primary N) is 1. The van der Waals surface area contributed by atoms with Crippen LogP contribution in [0.15, 0.2) is 18.3 Å². The van der Waals surface area contributed by atoms with Crippen LogP contribution in [-0.2, 0) is 6.54 Å². The lowest BCUT2D eigenvalue weighted by Gasteiger charge is -2.47. The maximum Gasteiger partial charge on any atom is 0.127 e. The van der Waals surface area contributed by atoms with Gasteiger partial charge in [-0.15, -0.1) is 0 Å². The molecule has 2 atom stereocenters. The van der Waals surface area contributed by atoms with Crippen LogP contribution in [0.25, 0.3) is 0 Å². The van der Waals surface area contributed by atoms with Gasteiger partial charge in [-0.3, -0.25) is 4.90 Å². The molecule has 0 aromatic carbocycles. The summed E-state index contributed by atoms with van der Waals surface area (Å²) < 4.78 is 0. The number of anilines is 1. The summed E-state index contributed by atoms with van der Waals surface area (Å²) in [6.07, 6.45) is 7.22. The second-order valence-electron chi connectivity index (χ2n) is 6.08. The Balaban J connectivity index is 1.67. The van der Waals surface area contributed by atoms with Crippen LogP contribution in [0.4, 0.5) is 5.82 Å². The van der Waals surface area contributed by atoms with Gasteiger partial charge in [0.1, 0.15) is 5.82 Å². The molecule has 1 aromatic rings. The number of piperidine rings is 1. The van der Waals surface area contributed by atoms with E-state index in [1.165, 1.54) is 12.8 Å². The first-order chi connectivity index (χ1) is 9.17. The van der Waals surface area contributed by atoms with Crippen molar-refractivity contribution in [2.24, 2.45) is 5.92 Å². The topological polar surface area (TPSA) is 62.4 Å². The van der Waals surface area contributed by atoms with E-state index in [4.69, 9.17) is 5.73 Å². The lowest BCUT2D eigenvalue weighted by molar-refractivity contribution is -0.0967. The molecule has 2 aliphatic rings. The first-order valence-corrected chi connectivity index (χ1v) is 7.31. The lowest BCUT2D eigenvalue weighted by Crippen LogP contribution is -2.53. The third kappa shape index (κ3) is 2.60. The predicted molar refractivity (Wildman–Crippen MR) is 75.5 cm³/mol. The summed E-state index contributed by atoms with van der Waals surface area (Å²) >= 11 is 0. The van der Waals surface area contributed by atoms with Crippen molar-refractivity contribution in [1.82, 2.24) is 9.88 Å². The molecule has 1 aliphatic heterocycles. The van der Waals surface area contributed by atoms with E-state index < -0.39 is 5.60 Å². The van der Waals surface area contributed by atoms with Crippen LogP contribution in [0.3, 0.4) is 0 Å².